The second-order valence-electron chi connectivity index (χ2n) is 5.93. The zero-order chi connectivity index (χ0) is 18.5. The molecule has 140 valence electrons. The number of carbonyl (C=O) groups excluding carboxylic acids is 1. The van der Waals surface area contributed by atoms with Gasteiger partial charge in [0.2, 0.25) is 5.91 Å². The molecule has 1 aromatic carbocycles. The lowest BCUT2D eigenvalue weighted by Crippen LogP contribution is -2.39. The van der Waals surface area contributed by atoms with Gasteiger partial charge < -0.3 is 20.7 Å². The monoisotopic (exact) mass is 348 g/mol. The van der Waals surface area contributed by atoms with Gasteiger partial charge in [-0.1, -0.05) is 26.0 Å². The first-order chi connectivity index (χ1) is 12.1. The van der Waals surface area contributed by atoms with E-state index in [4.69, 9.17) is 4.74 Å². The van der Waals surface area contributed by atoms with Crippen molar-refractivity contribution in [1.29, 1.82) is 0 Å². The SMILES string of the molecule is CCCNC(=O)CN=C(NCC)NCCC(C)c1ccc(OC)cc1. The molecule has 1 unspecified atom stereocenters. The largest absolute Gasteiger partial charge is 0.497 e. The Balaban J connectivity index is 2.43. The maximum Gasteiger partial charge on any atom is 0.241 e. The number of benzene rings is 1. The van der Waals surface area contributed by atoms with Crippen molar-refractivity contribution in [2.45, 2.75) is 39.5 Å². The minimum atomic E-state index is -0.0503. The molecule has 1 rings (SSSR count). The topological polar surface area (TPSA) is 74.8 Å². The van der Waals surface area contributed by atoms with E-state index in [1.165, 1.54) is 5.56 Å². The molecule has 0 aliphatic rings. The van der Waals surface area contributed by atoms with Crippen LogP contribution in [0, 0.1) is 0 Å². The van der Waals surface area contributed by atoms with Crippen LogP contribution in [0.25, 0.3) is 0 Å². The van der Waals surface area contributed by atoms with Crippen LogP contribution in [0.2, 0.25) is 0 Å². The molecule has 1 aromatic rings. The second-order valence-corrected chi connectivity index (χ2v) is 5.93. The van der Waals surface area contributed by atoms with E-state index in [-0.39, 0.29) is 12.5 Å². The number of nitrogens with one attached hydrogen (secondary N) is 3. The molecule has 6 nitrogen and oxygen atoms in total. The molecule has 0 saturated heterocycles. The molecule has 0 bridgehead atoms. The normalized spacial score (nSPS) is 12.4. The molecular weight excluding hydrogens is 316 g/mol. The molecule has 0 fully saturated rings. The number of aliphatic imine (C=N–C) groups is 1. The van der Waals surface area contributed by atoms with E-state index < -0.39 is 0 Å². The van der Waals surface area contributed by atoms with E-state index in [1.54, 1.807) is 7.11 Å². The van der Waals surface area contributed by atoms with E-state index in [9.17, 15) is 4.79 Å². The van der Waals surface area contributed by atoms with Crippen molar-refractivity contribution in [1.82, 2.24) is 16.0 Å². The molecule has 25 heavy (non-hydrogen) atoms. The van der Waals surface area contributed by atoms with Gasteiger partial charge >= 0.3 is 0 Å². The van der Waals surface area contributed by atoms with Gasteiger partial charge in [0.1, 0.15) is 12.3 Å². The third kappa shape index (κ3) is 8.42. The summed E-state index contributed by atoms with van der Waals surface area (Å²) in [5.74, 6) is 1.92. The minimum Gasteiger partial charge on any atom is -0.497 e. The molecule has 0 saturated carbocycles. The summed E-state index contributed by atoms with van der Waals surface area (Å²) < 4.78 is 5.19. The van der Waals surface area contributed by atoms with Crippen molar-refractivity contribution in [3.63, 3.8) is 0 Å². The predicted molar refractivity (Wildman–Crippen MR) is 103 cm³/mol. The lowest BCUT2D eigenvalue weighted by atomic mass is 9.98. The maximum atomic E-state index is 11.6. The molecular formula is C19H32N4O2. The first kappa shape index (κ1) is 20.8. The highest BCUT2D eigenvalue weighted by Gasteiger charge is 2.07. The first-order valence-corrected chi connectivity index (χ1v) is 9.03. The molecule has 0 spiro atoms. The van der Waals surface area contributed by atoms with E-state index in [1.807, 2.05) is 26.0 Å². The number of rotatable bonds is 10. The predicted octanol–water partition coefficient (Wildman–Crippen LogP) is 2.27. The number of ether oxygens (including phenoxy) is 1. The van der Waals surface area contributed by atoms with Crippen LogP contribution in [0.3, 0.4) is 0 Å². The Kier molecular flexibility index (Phi) is 10.1. The van der Waals surface area contributed by atoms with Crippen LogP contribution in [-0.2, 0) is 4.79 Å². The van der Waals surface area contributed by atoms with Gasteiger partial charge in [-0.3, -0.25) is 4.79 Å². The fourth-order valence-corrected chi connectivity index (χ4v) is 2.32. The van der Waals surface area contributed by atoms with Gasteiger partial charge in [-0.15, -0.1) is 0 Å². The maximum absolute atomic E-state index is 11.6. The van der Waals surface area contributed by atoms with E-state index in [0.717, 1.165) is 31.7 Å². The summed E-state index contributed by atoms with van der Waals surface area (Å²) in [4.78, 5) is 16.0. The van der Waals surface area contributed by atoms with E-state index in [0.29, 0.717) is 18.4 Å². The van der Waals surface area contributed by atoms with Crippen LogP contribution in [0.15, 0.2) is 29.3 Å². The van der Waals surface area contributed by atoms with Crippen molar-refractivity contribution < 1.29 is 9.53 Å². The molecule has 6 heteroatoms. The van der Waals surface area contributed by atoms with Gasteiger partial charge in [0, 0.05) is 19.6 Å². The minimum absolute atomic E-state index is 0.0503. The van der Waals surface area contributed by atoms with Crippen molar-refractivity contribution in [2.24, 2.45) is 4.99 Å². The Morgan fingerprint density at radius 3 is 2.44 bits per heavy atom. The molecule has 0 radical (unpaired) electrons. The number of methoxy groups -OCH3 is 1. The smallest absolute Gasteiger partial charge is 0.241 e. The van der Waals surface area contributed by atoms with Crippen molar-refractivity contribution >= 4 is 11.9 Å². The summed E-state index contributed by atoms with van der Waals surface area (Å²) >= 11 is 0. The highest BCUT2D eigenvalue weighted by atomic mass is 16.5. The van der Waals surface area contributed by atoms with E-state index >= 15 is 0 Å². The molecule has 0 aliphatic heterocycles. The average molecular weight is 348 g/mol. The van der Waals surface area contributed by atoms with E-state index in [2.05, 4.69) is 40.0 Å². The van der Waals surface area contributed by atoms with Gasteiger partial charge in [-0.2, -0.15) is 0 Å². The summed E-state index contributed by atoms with van der Waals surface area (Å²) in [6.07, 6.45) is 1.90. The van der Waals surface area contributed by atoms with Crippen molar-refractivity contribution in [2.75, 3.05) is 33.3 Å². The van der Waals surface area contributed by atoms with Gasteiger partial charge in [0.15, 0.2) is 5.96 Å². The van der Waals surface area contributed by atoms with Crippen LogP contribution < -0.4 is 20.7 Å². The summed E-state index contributed by atoms with van der Waals surface area (Å²) in [7, 11) is 1.67. The standard InChI is InChI=1S/C19H32N4O2/c1-5-12-21-18(24)14-23-19(20-6-2)22-13-11-15(3)16-7-9-17(25-4)10-8-16/h7-10,15H,5-6,11-14H2,1-4H3,(H,21,24)(H2,20,22,23). The van der Waals surface area contributed by atoms with Crippen LogP contribution in [0.4, 0.5) is 0 Å². The Hall–Kier alpha value is -2.24. The lowest BCUT2D eigenvalue weighted by molar-refractivity contribution is -0.119. The number of nitrogens with zero attached hydrogens (tertiary/aromatic N) is 1. The van der Waals surface area contributed by atoms with Crippen molar-refractivity contribution in [3.8, 4) is 5.75 Å². The Morgan fingerprint density at radius 1 is 1.12 bits per heavy atom. The van der Waals surface area contributed by atoms with Gasteiger partial charge in [0.05, 0.1) is 7.11 Å². The average Bonchev–Trinajstić information content (AvgIpc) is 2.64. The third-order valence-corrected chi connectivity index (χ3v) is 3.85. The summed E-state index contributed by atoms with van der Waals surface area (Å²) in [5.41, 5.74) is 1.28. The van der Waals surface area contributed by atoms with Crippen LogP contribution in [-0.4, -0.2) is 45.2 Å². The highest BCUT2D eigenvalue weighted by Crippen LogP contribution is 2.21. The molecule has 3 N–H and O–H groups in total. The zero-order valence-electron chi connectivity index (χ0n) is 15.9. The molecule has 1 amide bonds. The van der Waals surface area contributed by atoms with Crippen LogP contribution >= 0.6 is 0 Å². The Labute approximate surface area is 151 Å². The van der Waals surface area contributed by atoms with Crippen molar-refractivity contribution in [3.05, 3.63) is 29.8 Å². The molecule has 1 atom stereocenters. The molecule has 0 heterocycles. The summed E-state index contributed by atoms with van der Waals surface area (Å²) in [6, 6.07) is 8.17. The van der Waals surface area contributed by atoms with Gasteiger partial charge in [-0.25, -0.2) is 4.99 Å². The second kappa shape index (κ2) is 12.2. The number of guanidine groups is 1. The summed E-state index contributed by atoms with van der Waals surface area (Å²) in [5, 5.41) is 9.28. The quantitative estimate of drug-likeness (QED) is 0.448. The molecule has 0 aliphatic carbocycles. The number of amides is 1. The fourth-order valence-electron chi connectivity index (χ4n) is 2.32. The number of hydrogen-bond acceptors (Lipinski definition) is 3. The van der Waals surface area contributed by atoms with Gasteiger partial charge in [0.25, 0.3) is 0 Å². The number of hydrogen-bond donors (Lipinski definition) is 3. The lowest BCUT2D eigenvalue weighted by Gasteiger charge is -2.15. The first-order valence-electron chi connectivity index (χ1n) is 9.03. The molecule has 0 aromatic heterocycles. The zero-order valence-corrected chi connectivity index (χ0v) is 15.9. The Bertz CT molecular complexity index is 529. The van der Waals surface area contributed by atoms with Crippen LogP contribution in [0.5, 0.6) is 5.75 Å². The fraction of sp³-hybridized carbons (Fsp3) is 0.579. The third-order valence-electron chi connectivity index (χ3n) is 3.85. The summed E-state index contributed by atoms with van der Waals surface area (Å²) in [6.45, 7) is 8.62. The van der Waals surface area contributed by atoms with Crippen LogP contribution in [0.1, 0.15) is 45.1 Å². The highest BCUT2D eigenvalue weighted by molar-refractivity contribution is 5.84. The number of carbonyl (C=O) groups is 1. The Morgan fingerprint density at radius 2 is 1.84 bits per heavy atom. The van der Waals surface area contributed by atoms with Gasteiger partial charge in [-0.05, 0) is 43.4 Å².